The highest BCUT2D eigenvalue weighted by molar-refractivity contribution is 5.91. The number of furan rings is 1. The number of benzene rings is 1. The smallest absolute Gasteiger partial charge is 0.371 e. The van der Waals surface area contributed by atoms with Gasteiger partial charge in [0.15, 0.2) is 0 Å². The van der Waals surface area contributed by atoms with Gasteiger partial charge in [0.1, 0.15) is 5.58 Å². The maximum absolute atomic E-state index is 10.9. The van der Waals surface area contributed by atoms with Crippen LogP contribution in [0.3, 0.4) is 0 Å². The Morgan fingerprint density at radius 2 is 2.05 bits per heavy atom. The van der Waals surface area contributed by atoms with Gasteiger partial charge in [-0.1, -0.05) is 19.9 Å². The van der Waals surface area contributed by atoms with Gasteiger partial charge in [-0.25, -0.2) is 4.79 Å². The van der Waals surface area contributed by atoms with Gasteiger partial charge < -0.3 is 14.3 Å². The second-order valence-corrected chi connectivity index (χ2v) is 5.54. The molecule has 2 aromatic rings. The maximum Gasteiger partial charge on any atom is 0.371 e. The fourth-order valence-corrected chi connectivity index (χ4v) is 2.26. The first-order valence-corrected chi connectivity index (χ1v) is 6.83. The van der Waals surface area contributed by atoms with E-state index in [4.69, 9.17) is 14.3 Å². The quantitative estimate of drug-likeness (QED) is 0.863. The maximum atomic E-state index is 10.9. The van der Waals surface area contributed by atoms with E-state index in [9.17, 15) is 4.79 Å². The lowest BCUT2D eigenvalue weighted by Crippen LogP contribution is -2.11. The number of hydrogen-bond acceptors (Lipinski definition) is 3. The topological polar surface area (TPSA) is 59.7 Å². The number of fused-ring (bicyclic) bond motifs is 1. The number of carboxylic acids is 1. The van der Waals surface area contributed by atoms with E-state index < -0.39 is 5.97 Å². The predicted molar refractivity (Wildman–Crippen MR) is 76.9 cm³/mol. The summed E-state index contributed by atoms with van der Waals surface area (Å²) in [5, 5.41) is 9.69. The standard InChI is InChI=1S/C16H20O4/c1-10(2)6-11(3)19-9-12-4-5-14-13(7-12)8-15(20-14)16(17)18/h4-5,7-8,10-11H,6,9H2,1-3H3,(H,17,18). The molecule has 0 aliphatic carbocycles. The lowest BCUT2D eigenvalue weighted by atomic mass is 10.1. The van der Waals surface area contributed by atoms with Gasteiger partial charge in [-0.3, -0.25) is 0 Å². The van der Waals surface area contributed by atoms with Gasteiger partial charge in [-0.05, 0) is 43.0 Å². The van der Waals surface area contributed by atoms with Crippen LogP contribution in [0.15, 0.2) is 28.7 Å². The van der Waals surface area contributed by atoms with Crippen molar-refractivity contribution in [1.82, 2.24) is 0 Å². The Bertz CT molecular complexity index is 598. The number of carboxylic acid groups (broad SMARTS) is 1. The SMILES string of the molecule is CC(C)CC(C)OCc1ccc2oc(C(=O)O)cc2c1. The van der Waals surface area contributed by atoms with Gasteiger partial charge in [0.25, 0.3) is 0 Å². The van der Waals surface area contributed by atoms with E-state index in [1.807, 2.05) is 12.1 Å². The summed E-state index contributed by atoms with van der Waals surface area (Å²) in [7, 11) is 0. The lowest BCUT2D eigenvalue weighted by molar-refractivity contribution is 0.0397. The average Bonchev–Trinajstić information content (AvgIpc) is 2.78. The number of aromatic carboxylic acids is 1. The first kappa shape index (κ1) is 14.6. The van der Waals surface area contributed by atoms with Gasteiger partial charge in [0.05, 0.1) is 12.7 Å². The molecule has 0 bridgehead atoms. The zero-order valence-corrected chi connectivity index (χ0v) is 12.1. The summed E-state index contributed by atoms with van der Waals surface area (Å²) in [5.74, 6) is -0.477. The van der Waals surface area contributed by atoms with Crippen molar-refractivity contribution in [3.8, 4) is 0 Å². The minimum atomic E-state index is -1.05. The molecule has 1 atom stereocenters. The van der Waals surface area contributed by atoms with Crippen molar-refractivity contribution >= 4 is 16.9 Å². The first-order valence-electron chi connectivity index (χ1n) is 6.83. The van der Waals surface area contributed by atoms with Crippen molar-refractivity contribution < 1.29 is 19.1 Å². The summed E-state index contributed by atoms with van der Waals surface area (Å²) < 4.78 is 11.0. The van der Waals surface area contributed by atoms with Gasteiger partial charge in [0, 0.05) is 5.39 Å². The van der Waals surface area contributed by atoms with Crippen LogP contribution in [0.5, 0.6) is 0 Å². The first-order chi connectivity index (χ1) is 9.45. The minimum absolute atomic E-state index is 0.0359. The molecule has 108 valence electrons. The van der Waals surface area contributed by atoms with Crippen molar-refractivity contribution in [2.24, 2.45) is 5.92 Å². The van der Waals surface area contributed by atoms with E-state index in [2.05, 4.69) is 20.8 Å². The molecule has 0 amide bonds. The molecule has 1 unspecified atom stereocenters. The molecule has 20 heavy (non-hydrogen) atoms. The molecule has 0 aliphatic heterocycles. The van der Waals surface area contributed by atoms with E-state index in [0.717, 1.165) is 17.4 Å². The summed E-state index contributed by atoms with van der Waals surface area (Å²) in [6.07, 6.45) is 1.24. The highest BCUT2D eigenvalue weighted by Crippen LogP contribution is 2.21. The zero-order valence-electron chi connectivity index (χ0n) is 12.1. The van der Waals surface area contributed by atoms with Crippen LogP contribution in [0.4, 0.5) is 0 Å². The van der Waals surface area contributed by atoms with E-state index in [0.29, 0.717) is 18.1 Å². The number of rotatable bonds is 6. The number of carbonyl (C=O) groups is 1. The summed E-state index contributed by atoms with van der Waals surface area (Å²) >= 11 is 0. The summed E-state index contributed by atoms with van der Waals surface area (Å²) in [6, 6.07) is 7.14. The fraction of sp³-hybridized carbons (Fsp3) is 0.438. The monoisotopic (exact) mass is 276 g/mol. The summed E-state index contributed by atoms with van der Waals surface area (Å²) in [4.78, 5) is 10.9. The Morgan fingerprint density at radius 1 is 1.30 bits per heavy atom. The van der Waals surface area contributed by atoms with Crippen LogP contribution >= 0.6 is 0 Å². The third-order valence-corrected chi connectivity index (χ3v) is 3.13. The predicted octanol–water partition coefficient (Wildman–Crippen LogP) is 4.08. The van der Waals surface area contributed by atoms with E-state index in [1.54, 1.807) is 12.1 Å². The van der Waals surface area contributed by atoms with Gasteiger partial charge in [-0.2, -0.15) is 0 Å². The third-order valence-electron chi connectivity index (χ3n) is 3.13. The summed E-state index contributed by atoms with van der Waals surface area (Å²) in [6.45, 7) is 6.94. The van der Waals surface area contributed by atoms with E-state index in [1.165, 1.54) is 0 Å². The van der Waals surface area contributed by atoms with Crippen LogP contribution in [0.25, 0.3) is 11.0 Å². The molecule has 0 fully saturated rings. The zero-order chi connectivity index (χ0) is 14.7. The van der Waals surface area contributed by atoms with Crippen LogP contribution in [-0.4, -0.2) is 17.2 Å². The van der Waals surface area contributed by atoms with Crippen molar-refractivity contribution in [2.45, 2.75) is 39.9 Å². The molecule has 1 N–H and O–H groups in total. The second kappa shape index (κ2) is 6.09. The van der Waals surface area contributed by atoms with Crippen molar-refractivity contribution in [3.05, 3.63) is 35.6 Å². The largest absolute Gasteiger partial charge is 0.475 e. The molecular weight excluding hydrogens is 256 g/mol. The van der Waals surface area contributed by atoms with Crippen molar-refractivity contribution in [1.29, 1.82) is 0 Å². The molecule has 1 aromatic carbocycles. The van der Waals surface area contributed by atoms with Crippen LogP contribution in [-0.2, 0) is 11.3 Å². The van der Waals surface area contributed by atoms with Gasteiger partial charge in [-0.15, -0.1) is 0 Å². The molecule has 1 aromatic heterocycles. The summed E-state index contributed by atoms with van der Waals surface area (Å²) in [5.41, 5.74) is 1.60. The van der Waals surface area contributed by atoms with Crippen molar-refractivity contribution in [2.75, 3.05) is 0 Å². The van der Waals surface area contributed by atoms with Crippen LogP contribution in [0.1, 0.15) is 43.3 Å². The molecule has 0 aliphatic rings. The van der Waals surface area contributed by atoms with Gasteiger partial charge in [0.2, 0.25) is 5.76 Å². The van der Waals surface area contributed by atoms with Crippen LogP contribution < -0.4 is 0 Å². The van der Waals surface area contributed by atoms with E-state index >= 15 is 0 Å². The molecule has 4 heteroatoms. The average molecular weight is 276 g/mol. The van der Waals surface area contributed by atoms with E-state index in [-0.39, 0.29) is 11.9 Å². The molecular formula is C16H20O4. The van der Waals surface area contributed by atoms with Crippen LogP contribution in [0.2, 0.25) is 0 Å². The highest BCUT2D eigenvalue weighted by Gasteiger charge is 2.11. The number of ether oxygens (including phenoxy) is 1. The third kappa shape index (κ3) is 3.61. The Hall–Kier alpha value is -1.81. The minimum Gasteiger partial charge on any atom is -0.475 e. The molecule has 2 rings (SSSR count). The molecule has 0 spiro atoms. The second-order valence-electron chi connectivity index (χ2n) is 5.54. The number of hydrogen-bond donors (Lipinski definition) is 1. The fourth-order valence-electron chi connectivity index (χ4n) is 2.26. The molecule has 0 saturated carbocycles. The highest BCUT2D eigenvalue weighted by atomic mass is 16.5. The normalized spacial score (nSPS) is 13.0. The molecule has 0 saturated heterocycles. The Balaban J connectivity index is 2.06. The molecule has 4 nitrogen and oxygen atoms in total. The Kier molecular flexibility index (Phi) is 4.45. The Labute approximate surface area is 118 Å². The Morgan fingerprint density at radius 3 is 2.70 bits per heavy atom. The molecule has 1 heterocycles. The van der Waals surface area contributed by atoms with Crippen LogP contribution in [0, 0.1) is 5.92 Å². The van der Waals surface area contributed by atoms with Crippen molar-refractivity contribution in [3.63, 3.8) is 0 Å². The lowest BCUT2D eigenvalue weighted by Gasteiger charge is -2.15. The molecule has 0 radical (unpaired) electrons. The van der Waals surface area contributed by atoms with Gasteiger partial charge >= 0.3 is 5.97 Å².